The van der Waals surface area contributed by atoms with E-state index in [4.69, 9.17) is 14.2 Å². The summed E-state index contributed by atoms with van der Waals surface area (Å²) in [6.07, 6.45) is -27.5. The molecule has 0 saturated carbocycles. The van der Waals surface area contributed by atoms with Crippen LogP contribution in [0.15, 0.2) is 0 Å². The van der Waals surface area contributed by atoms with Gasteiger partial charge in [-0.25, -0.2) is 67.3 Å². The molecule has 2 aliphatic rings. The Hall–Kier alpha value is -1.20. The first-order chi connectivity index (χ1) is 27.5. The molecule has 0 aliphatic carbocycles. The van der Waals surface area contributed by atoms with E-state index in [0.717, 1.165) is 0 Å². The fourth-order valence-electron chi connectivity index (χ4n) is 4.96. The third-order valence-corrected chi connectivity index (χ3v) is 10.7. The Morgan fingerprint density at radius 3 is 1.16 bits per heavy atom. The average Bonchev–Trinajstić information content (AvgIpc) is 3.28. The number of ether oxygens (including phenoxy) is 3. The maximum atomic E-state index is 11.7. The molecule has 2 aliphatic heterocycles. The molecule has 2 heterocycles. The molecular formula is C18H30NO35S8-7. The van der Waals surface area contributed by atoms with Gasteiger partial charge in [-0.05, 0) is 20.8 Å². The maximum Gasteiger partial charge on any atom is 0.227 e. The molecule has 0 radical (unpaired) electrons. The summed E-state index contributed by atoms with van der Waals surface area (Å²) < 4.78 is 320. The summed E-state index contributed by atoms with van der Waals surface area (Å²) in [5, 5.41) is 0. The molecule has 0 aromatic carbocycles. The van der Waals surface area contributed by atoms with E-state index in [2.05, 4.69) is 54.2 Å². The van der Waals surface area contributed by atoms with E-state index < -0.39 is 158 Å². The van der Waals surface area contributed by atoms with Gasteiger partial charge in [-0.3, -0.25) is 33.5 Å². The molecule has 0 amide bonds. The largest absolute Gasteiger partial charge is 0.726 e. The van der Waals surface area contributed by atoms with Gasteiger partial charge in [-0.1, -0.05) is 0 Å². The average molecular weight is 1080 g/mol. The van der Waals surface area contributed by atoms with Crippen molar-refractivity contribution in [3.63, 3.8) is 0 Å². The van der Waals surface area contributed by atoms with Crippen molar-refractivity contribution in [1.82, 2.24) is 0 Å². The summed E-state index contributed by atoms with van der Waals surface area (Å²) in [4.78, 5) is 1.68. The highest BCUT2D eigenvalue weighted by Gasteiger charge is 2.64. The van der Waals surface area contributed by atoms with Gasteiger partial charge in [0.1, 0.15) is 37.1 Å². The van der Waals surface area contributed by atoms with Crippen LogP contribution in [0.5, 0.6) is 0 Å². The molecule has 62 heavy (non-hydrogen) atoms. The molecule has 372 valence electrons. The molecule has 0 aromatic rings. The molecule has 0 bridgehead atoms. The zero-order chi connectivity index (χ0) is 48.7. The van der Waals surface area contributed by atoms with E-state index in [9.17, 15) is 104 Å². The second-order valence-corrected chi connectivity index (χ2v) is 19.5. The minimum atomic E-state index is -6.58. The van der Waals surface area contributed by atoms with E-state index in [-0.39, 0.29) is 0 Å². The van der Waals surface area contributed by atoms with Gasteiger partial charge in [-0.15, -0.1) is 0 Å². The van der Waals surface area contributed by atoms with Crippen LogP contribution >= 0.6 is 0 Å². The highest BCUT2D eigenvalue weighted by molar-refractivity contribution is 7.82. The van der Waals surface area contributed by atoms with Crippen molar-refractivity contribution < 1.29 is 156 Å². The third-order valence-electron chi connectivity index (χ3n) is 7.15. The Bertz CT molecular complexity index is 2390. The Kier molecular flexibility index (Phi) is 20.9. The Balaban J connectivity index is 0.00000251. The minimum Gasteiger partial charge on any atom is -0.726 e. The van der Waals surface area contributed by atoms with Crippen LogP contribution in [0.2, 0.25) is 0 Å². The van der Waals surface area contributed by atoms with Gasteiger partial charge in [0.25, 0.3) is 0 Å². The maximum absolute atomic E-state index is 11.7. The van der Waals surface area contributed by atoms with Crippen molar-refractivity contribution in [3.05, 3.63) is 0 Å². The highest BCUT2D eigenvalue weighted by Crippen LogP contribution is 2.42. The van der Waals surface area contributed by atoms with E-state index in [1.165, 1.54) is 19.6 Å². The fourth-order valence-corrected chi connectivity index (χ4v) is 8.35. The van der Waals surface area contributed by atoms with Gasteiger partial charge in [0, 0.05) is 0 Å². The van der Waals surface area contributed by atoms with Crippen LogP contribution in [0, 0.1) is 0 Å². The molecular weight excluding hydrogens is 1050 g/mol. The molecule has 2 fully saturated rings. The summed E-state index contributed by atoms with van der Waals surface area (Å²) in [6, 6.07) is 0. The highest BCUT2D eigenvalue weighted by atomic mass is 32.3. The van der Waals surface area contributed by atoms with Crippen molar-refractivity contribution >= 4 is 83.2 Å². The Labute approximate surface area is 353 Å². The van der Waals surface area contributed by atoms with Gasteiger partial charge in [0.15, 0.2) is 18.5 Å². The SMILES string of the molecule is CC[NH+](CC)CC.O=S(=O)([O-])OC[C@H]1O[C@@](COS(=O)(=O)[O-])(O[C@H]2O[C@H](COS(=O)(=O)[O-])[C@@H](OS(=O)(=O)[O-])[C@H](OS(=O)(=O)[O-])[C@H]2OS(=O)(=O)[O-])[C@@H](OS(=O)(=O)[O-])[C@@H]1OS(=O)(=O)[O-]. The standard InChI is InChI=1S/C12H22O35S8.C6H15N/c13-48(14,15)37-1-4-6(43-51(22,23)24)8(45-53(28,29)30)9(46-54(31,32)33)11(40-4)42-12(3-39-50(19,20)21)10(47-55(34,35)36)7(44-52(25,26)27)5(41-12)2-38-49(16,17)18;1-4-7(5-2)6-3/h4-11H,1-3H2,(H,13,14,15)(H,16,17,18)(H,19,20,21)(H,22,23,24)(H,25,26,27)(H,28,29,30)(H,31,32,33)(H,34,35,36);4-6H2,1-3H3/p-7/t4-,5-,6-,7-,8+,9-,10+,11-,12+;/m1./s1. The molecule has 1 N–H and O–H groups in total. The first-order valence-electron chi connectivity index (χ1n) is 15.4. The normalized spacial score (nSPS) is 28.4. The van der Waals surface area contributed by atoms with Crippen LogP contribution in [-0.4, -0.2) is 198 Å². The van der Waals surface area contributed by atoms with Crippen LogP contribution < -0.4 is 4.90 Å². The van der Waals surface area contributed by atoms with Crippen molar-refractivity contribution in [2.75, 3.05) is 39.5 Å². The molecule has 0 aromatic heterocycles. The monoisotopic (exact) mass is 1080 g/mol. The molecule has 2 rings (SSSR count). The van der Waals surface area contributed by atoms with Gasteiger partial charge in [-0.2, -0.15) is 0 Å². The molecule has 2 saturated heterocycles. The Morgan fingerprint density at radius 1 is 0.452 bits per heavy atom. The van der Waals surface area contributed by atoms with E-state index in [1.54, 1.807) is 4.90 Å². The summed E-state index contributed by atoms with van der Waals surface area (Å²) >= 11 is 0. The zero-order valence-corrected chi connectivity index (χ0v) is 36.9. The lowest BCUT2D eigenvalue weighted by Crippen LogP contribution is -3.11. The quantitative estimate of drug-likeness (QED) is 0.0693. The topological polar surface area (TPSA) is 564 Å². The van der Waals surface area contributed by atoms with E-state index in [1.807, 2.05) is 0 Å². The second-order valence-electron chi connectivity index (χ2n) is 11.3. The summed E-state index contributed by atoms with van der Waals surface area (Å²) in [5.41, 5.74) is 0. The van der Waals surface area contributed by atoms with Crippen LogP contribution in [0.1, 0.15) is 20.8 Å². The molecule has 9 atom stereocenters. The summed E-state index contributed by atoms with van der Waals surface area (Å²) in [5.74, 6) is -4.31. The summed E-state index contributed by atoms with van der Waals surface area (Å²) in [6.45, 7) is 3.74. The first-order valence-corrected chi connectivity index (χ1v) is 26.0. The number of hydrogen-bond acceptors (Lipinski definition) is 35. The molecule has 0 spiro atoms. The molecule has 44 heteroatoms. The van der Waals surface area contributed by atoms with Crippen molar-refractivity contribution in [3.8, 4) is 0 Å². The van der Waals surface area contributed by atoms with Gasteiger partial charge >= 0.3 is 0 Å². The number of nitrogens with one attached hydrogen (secondary N) is 1. The number of hydrogen-bond donors (Lipinski definition) is 1. The van der Waals surface area contributed by atoms with Gasteiger partial charge < -0.3 is 55.5 Å². The lowest BCUT2D eigenvalue weighted by Gasteiger charge is -2.47. The van der Waals surface area contributed by atoms with Crippen LogP contribution in [0.4, 0.5) is 0 Å². The first kappa shape index (κ1) is 58.8. The fraction of sp³-hybridized carbons (Fsp3) is 1.00. The van der Waals surface area contributed by atoms with Crippen molar-refractivity contribution in [1.29, 1.82) is 0 Å². The summed E-state index contributed by atoms with van der Waals surface area (Å²) in [7, 11) is -50.8. The lowest BCUT2D eigenvalue weighted by molar-refractivity contribution is -0.894. The van der Waals surface area contributed by atoms with E-state index >= 15 is 0 Å². The number of quaternary nitrogens is 1. The van der Waals surface area contributed by atoms with E-state index in [0.29, 0.717) is 0 Å². The van der Waals surface area contributed by atoms with Crippen molar-refractivity contribution in [2.45, 2.75) is 75.6 Å². The minimum absolute atomic E-state index is 1.27. The third kappa shape index (κ3) is 22.8. The van der Waals surface area contributed by atoms with Gasteiger partial charge in [0.2, 0.25) is 89.0 Å². The second kappa shape index (κ2) is 22.1. The molecule has 36 nitrogen and oxygen atoms in total. The predicted molar refractivity (Wildman–Crippen MR) is 170 cm³/mol. The molecule has 0 unspecified atom stereocenters. The predicted octanol–water partition coefficient (Wildman–Crippen LogP) is -9.59. The zero-order valence-electron chi connectivity index (χ0n) is 30.4. The van der Waals surface area contributed by atoms with Crippen molar-refractivity contribution in [2.24, 2.45) is 0 Å². The van der Waals surface area contributed by atoms with Crippen LogP contribution in [-0.2, 0) is 131 Å². The van der Waals surface area contributed by atoms with Gasteiger partial charge in [0.05, 0.1) is 32.8 Å². The van der Waals surface area contributed by atoms with Crippen LogP contribution in [0.25, 0.3) is 0 Å². The lowest BCUT2D eigenvalue weighted by atomic mass is 9.99. The number of rotatable bonds is 24. The Morgan fingerprint density at radius 2 is 0.806 bits per heavy atom. The smallest absolute Gasteiger partial charge is 0.227 e. The van der Waals surface area contributed by atoms with Crippen LogP contribution in [0.3, 0.4) is 0 Å².